The molecule has 8 nitrogen and oxygen atoms in total. The van der Waals surface area contributed by atoms with Crippen LogP contribution < -0.4 is 5.32 Å². The van der Waals surface area contributed by atoms with Gasteiger partial charge < -0.3 is 25.2 Å². The molecule has 2 atom stereocenters. The number of ether oxygens (including phenoxy) is 1. The molecular weight excluding hydrogens is 436 g/mol. The Morgan fingerprint density at radius 2 is 1.59 bits per heavy atom. The van der Waals surface area contributed by atoms with Crippen molar-refractivity contribution in [3.63, 3.8) is 0 Å². The average Bonchev–Trinajstić information content (AvgIpc) is 3.39. The zero-order chi connectivity index (χ0) is 24.5. The molecule has 0 radical (unpaired) electrons. The van der Waals surface area contributed by atoms with Crippen molar-refractivity contribution < 1.29 is 29.3 Å². The number of carboxylic acid groups (broad SMARTS) is 1. The van der Waals surface area contributed by atoms with Gasteiger partial charge in [-0.1, -0.05) is 62.4 Å². The van der Waals surface area contributed by atoms with Gasteiger partial charge >= 0.3 is 12.1 Å². The Bertz CT molecular complexity index is 1050. The standard InChI is InChI=1S/C26H30N2O6/c1-3-26(4-2,24(32)28-14-16(29)13-22(28)23(30)31)27-25(33)34-15-21-19-11-7-5-9-17(19)18-10-6-8-12-20(18)21/h5-12,16,21-22,29H,3-4,13-15H2,1-2H3,(H,27,33)(H,30,31)/t16-,22-/m0/s1. The number of β-amino-alcohol motifs (C(OH)–C–C–N with tert-alkyl or cyclic N) is 1. The molecular formula is C26H30N2O6. The van der Waals surface area contributed by atoms with E-state index in [1.165, 1.54) is 0 Å². The predicted molar refractivity (Wildman–Crippen MR) is 125 cm³/mol. The first-order valence-electron chi connectivity index (χ1n) is 11.7. The van der Waals surface area contributed by atoms with Gasteiger partial charge in [-0.2, -0.15) is 0 Å². The molecule has 3 N–H and O–H groups in total. The molecule has 1 heterocycles. The quantitative estimate of drug-likeness (QED) is 0.577. The summed E-state index contributed by atoms with van der Waals surface area (Å²) < 4.78 is 5.62. The number of nitrogens with one attached hydrogen (secondary N) is 1. The van der Waals surface area contributed by atoms with Crippen LogP contribution in [0, 0.1) is 0 Å². The Balaban J connectivity index is 1.49. The number of amides is 2. The molecule has 1 aliphatic carbocycles. The monoisotopic (exact) mass is 466 g/mol. The number of alkyl carbamates (subject to hydrolysis) is 1. The van der Waals surface area contributed by atoms with Gasteiger partial charge in [0.05, 0.1) is 6.10 Å². The lowest BCUT2D eigenvalue weighted by Gasteiger charge is -2.36. The number of carbonyl (C=O) groups is 3. The number of hydrogen-bond donors (Lipinski definition) is 3. The van der Waals surface area contributed by atoms with Crippen LogP contribution in [0.3, 0.4) is 0 Å². The number of benzene rings is 2. The Morgan fingerprint density at radius 3 is 2.12 bits per heavy atom. The van der Waals surface area contributed by atoms with E-state index in [0.717, 1.165) is 27.2 Å². The van der Waals surface area contributed by atoms with Crippen LogP contribution in [-0.2, 0) is 14.3 Å². The lowest BCUT2D eigenvalue weighted by Crippen LogP contribution is -2.61. The first-order valence-corrected chi connectivity index (χ1v) is 11.7. The van der Waals surface area contributed by atoms with E-state index < -0.39 is 35.7 Å². The molecule has 0 spiro atoms. The highest BCUT2D eigenvalue weighted by molar-refractivity contribution is 5.93. The van der Waals surface area contributed by atoms with Gasteiger partial charge in [0, 0.05) is 18.9 Å². The number of carboxylic acids is 1. The SMILES string of the molecule is CCC(CC)(NC(=O)OCC1c2ccccc2-c2ccccc21)C(=O)N1C[C@@H](O)C[C@H]1C(=O)O. The minimum Gasteiger partial charge on any atom is -0.480 e. The normalized spacial score (nSPS) is 19.4. The van der Waals surface area contributed by atoms with Crippen LogP contribution in [-0.4, -0.2) is 63.9 Å². The van der Waals surface area contributed by atoms with Gasteiger partial charge in [-0.05, 0) is 35.1 Å². The fourth-order valence-electron chi connectivity index (χ4n) is 5.16. The Labute approximate surface area is 198 Å². The summed E-state index contributed by atoms with van der Waals surface area (Å²) in [4.78, 5) is 39.1. The third-order valence-corrected chi connectivity index (χ3v) is 7.13. The van der Waals surface area contributed by atoms with Gasteiger partial charge in [0.1, 0.15) is 18.2 Å². The lowest BCUT2D eigenvalue weighted by molar-refractivity contribution is -0.151. The van der Waals surface area contributed by atoms with Gasteiger partial charge in [-0.15, -0.1) is 0 Å². The number of likely N-dealkylation sites (tertiary alicyclic amines) is 1. The second-order valence-electron chi connectivity index (χ2n) is 8.94. The molecule has 2 aromatic carbocycles. The number of fused-ring (bicyclic) bond motifs is 3. The number of rotatable bonds is 7. The maximum absolute atomic E-state index is 13.4. The van der Waals surface area contributed by atoms with E-state index in [4.69, 9.17) is 4.74 Å². The highest BCUT2D eigenvalue weighted by Crippen LogP contribution is 2.44. The highest BCUT2D eigenvalue weighted by atomic mass is 16.5. The summed E-state index contributed by atoms with van der Waals surface area (Å²) in [6.45, 7) is 3.54. The van der Waals surface area contributed by atoms with E-state index in [0.29, 0.717) is 0 Å². The molecule has 0 bridgehead atoms. The maximum atomic E-state index is 13.4. The molecule has 180 valence electrons. The smallest absolute Gasteiger partial charge is 0.408 e. The van der Waals surface area contributed by atoms with Gasteiger partial charge in [0.25, 0.3) is 0 Å². The maximum Gasteiger partial charge on any atom is 0.408 e. The second kappa shape index (κ2) is 9.46. The van der Waals surface area contributed by atoms with Gasteiger partial charge in [0.2, 0.25) is 5.91 Å². The van der Waals surface area contributed by atoms with E-state index in [2.05, 4.69) is 17.4 Å². The Kier molecular flexibility index (Phi) is 6.61. The predicted octanol–water partition coefficient (Wildman–Crippen LogP) is 3.13. The van der Waals surface area contributed by atoms with Crippen LogP contribution in [0.2, 0.25) is 0 Å². The molecule has 0 unspecified atom stereocenters. The number of aliphatic carboxylic acids is 1. The summed E-state index contributed by atoms with van der Waals surface area (Å²) >= 11 is 0. The van der Waals surface area contributed by atoms with E-state index in [9.17, 15) is 24.6 Å². The summed E-state index contributed by atoms with van der Waals surface area (Å²) in [6, 6.07) is 14.9. The van der Waals surface area contributed by atoms with Crippen LogP contribution in [0.15, 0.2) is 48.5 Å². The molecule has 1 fully saturated rings. The summed E-state index contributed by atoms with van der Waals surface area (Å²) in [5, 5.41) is 22.2. The van der Waals surface area contributed by atoms with E-state index in [1.807, 2.05) is 36.4 Å². The zero-order valence-corrected chi connectivity index (χ0v) is 19.4. The van der Waals surface area contributed by atoms with Crippen molar-refractivity contribution in [3.05, 3.63) is 59.7 Å². The van der Waals surface area contributed by atoms with Crippen LogP contribution in [0.5, 0.6) is 0 Å². The second-order valence-corrected chi connectivity index (χ2v) is 8.94. The summed E-state index contributed by atoms with van der Waals surface area (Å²) in [6.07, 6.45) is -1.16. The van der Waals surface area contributed by atoms with Crippen LogP contribution in [0.25, 0.3) is 11.1 Å². The van der Waals surface area contributed by atoms with Crippen LogP contribution >= 0.6 is 0 Å². The minimum atomic E-state index is -1.32. The number of hydrogen-bond acceptors (Lipinski definition) is 5. The fraction of sp³-hybridized carbons (Fsp3) is 0.423. The summed E-state index contributed by atoms with van der Waals surface area (Å²) in [5.41, 5.74) is 3.08. The van der Waals surface area contributed by atoms with E-state index in [1.54, 1.807) is 13.8 Å². The lowest BCUT2D eigenvalue weighted by atomic mass is 9.90. The third-order valence-electron chi connectivity index (χ3n) is 7.13. The first kappa shape index (κ1) is 23.8. The average molecular weight is 467 g/mol. The van der Waals surface area contributed by atoms with Crippen molar-refractivity contribution in [2.24, 2.45) is 0 Å². The zero-order valence-electron chi connectivity index (χ0n) is 19.4. The summed E-state index contributed by atoms with van der Waals surface area (Å²) in [5.74, 6) is -1.81. The molecule has 34 heavy (non-hydrogen) atoms. The van der Waals surface area contributed by atoms with E-state index >= 15 is 0 Å². The highest BCUT2D eigenvalue weighted by Gasteiger charge is 2.47. The van der Waals surface area contributed by atoms with Gasteiger partial charge in [0.15, 0.2) is 0 Å². The topological polar surface area (TPSA) is 116 Å². The van der Waals surface area contributed by atoms with Crippen molar-refractivity contribution in [1.82, 2.24) is 10.2 Å². The molecule has 2 aliphatic rings. The van der Waals surface area contributed by atoms with Crippen molar-refractivity contribution in [2.75, 3.05) is 13.2 Å². The van der Waals surface area contributed by atoms with Crippen LogP contribution in [0.1, 0.15) is 50.2 Å². The molecule has 1 saturated heterocycles. The number of aliphatic hydroxyl groups excluding tert-OH is 1. The first-order chi connectivity index (χ1) is 16.3. The Morgan fingerprint density at radius 1 is 1.03 bits per heavy atom. The number of carbonyl (C=O) groups excluding carboxylic acids is 2. The van der Waals surface area contributed by atoms with Gasteiger partial charge in [-0.3, -0.25) is 4.79 Å². The number of nitrogens with zero attached hydrogens (tertiary/aromatic N) is 1. The molecule has 0 saturated carbocycles. The minimum absolute atomic E-state index is 0.0322. The third kappa shape index (κ3) is 4.14. The molecule has 1 aliphatic heterocycles. The molecule has 2 amide bonds. The largest absolute Gasteiger partial charge is 0.480 e. The fourth-order valence-corrected chi connectivity index (χ4v) is 5.16. The van der Waals surface area contributed by atoms with Crippen molar-refractivity contribution in [1.29, 1.82) is 0 Å². The molecule has 4 rings (SSSR count). The molecule has 8 heteroatoms. The number of aliphatic hydroxyl groups is 1. The van der Waals surface area contributed by atoms with E-state index in [-0.39, 0.29) is 38.3 Å². The van der Waals surface area contributed by atoms with Crippen molar-refractivity contribution >= 4 is 18.0 Å². The van der Waals surface area contributed by atoms with Crippen LogP contribution in [0.4, 0.5) is 4.79 Å². The van der Waals surface area contributed by atoms with Crippen molar-refractivity contribution in [2.45, 2.75) is 56.7 Å². The van der Waals surface area contributed by atoms with Gasteiger partial charge in [-0.25, -0.2) is 9.59 Å². The summed E-state index contributed by atoms with van der Waals surface area (Å²) in [7, 11) is 0. The van der Waals surface area contributed by atoms with Crippen molar-refractivity contribution in [3.8, 4) is 11.1 Å². The molecule has 0 aromatic heterocycles. The Hall–Kier alpha value is -3.39. The molecule has 2 aromatic rings.